The fraction of sp³-hybridized carbons (Fsp3) is 0.286. The van der Waals surface area contributed by atoms with Gasteiger partial charge in [-0.15, -0.1) is 23.1 Å². The molecular weight excluding hydrogens is 260 g/mol. The molecular formula is C14H16N2S2. The zero-order chi connectivity index (χ0) is 12.5. The highest BCUT2D eigenvalue weighted by molar-refractivity contribution is 8.00. The minimum Gasteiger partial charge on any atom is -0.271 e. The van der Waals surface area contributed by atoms with Gasteiger partial charge in [-0.05, 0) is 42.0 Å². The van der Waals surface area contributed by atoms with Crippen molar-refractivity contribution in [3.63, 3.8) is 0 Å². The molecule has 0 bridgehead atoms. The van der Waals surface area contributed by atoms with Crippen LogP contribution in [0.25, 0.3) is 0 Å². The number of benzene rings is 1. The van der Waals surface area contributed by atoms with E-state index in [0.717, 1.165) is 6.42 Å². The first kappa shape index (κ1) is 12.2. The monoisotopic (exact) mass is 276 g/mol. The van der Waals surface area contributed by atoms with E-state index in [-0.39, 0.29) is 6.04 Å². The number of thiophene rings is 1. The van der Waals surface area contributed by atoms with Gasteiger partial charge in [0.1, 0.15) is 0 Å². The standard InChI is InChI=1S/C14H16N2S2/c1-9-6-11(8-17-9)14(16-15)13-7-10-4-2-3-5-12(10)18-13/h2-6,8,13-14,16H,7,15H2,1H3. The lowest BCUT2D eigenvalue weighted by Gasteiger charge is -2.21. The lowest BCUT2D eigenvalue weighted by atomic mass is 10.0. The van der Waals surface area contributed by atoms with Gasteiger partial charge in [-0.2, -0.15) is 0 Å². The molecule has 1 aromatic carbocycles. The van der Waals surface area contributed by atoms with Crippen LogP contribution in [-0.2, 0) is 6.42 Å². The molecule has 3 N–H and O–H groups in total. The van der Waals surface area contributed by atoms with Crippen molar-refractivity contribution in [3.05, 3.63) is 51.7 Å². The second kappa shape index (κ2) is 5.05. The van der Waals surface area contributed by atoms with Crippen LogP contribution in [0, 0.1) is 6.92 Å². The summed E-state index contributed by atoms with van der Waals surface area (Å²) in [5, 5.41) is 2.70. The SMILES string of the molecule is Cc1cc(C(NN)C2Cc3ccccc3S2)cs1. The lowest BCUT2D eigenvalue weighted by molar-refractivity contribution is 0.534. The maximum absolute atomic E-state index is 5.77. The van der Waals surface area contributed by atoms with Gasteiger partial charge in [0.05, 0.1) is 6.04 Å². The van der Waals surface area contributed by atoms with Gasteiger partial charge in [-0.3, -0.25) is 11.3 Å². The fourth-order valence-corrected chi connectivity index (χ4v) is 4.60. The summed E-state index contributed by atoms with van der Waals surface area (Å²) in [6, 6.07) is 11.1. The highest BCUT2D eigenvalue weighted by Gasteiger charge is 2.30. The third-order valence-corrected chi connectivity index (χ3v) is 5.61. The number of hydrazine groups is 1. The van der Waals surface area contributed by atoms with E-state index in [1.54, 1.807) is 11.3 Å². The van der Waals surface area contributed by atoms with Crippen molar-refractivity contribution in [2.24, 2.45) is 5.84 Å². The van der Waals surface area contributed by atoms with Crippen molar-refractivity contribution < 1.29 is 0 Å². The molecule has 0 fully saturated rings. The molecule has 2 heterocycles. The first-order valence-corrected chi connectivity index (χ1v) is 7.79. The summed E-state index contributed by atoms with van der Waals surface area (Å²) in [4.78, 5) is 2.74. The van der Waals surface area contributed by atoms with Gasteiger partial charge >= 0.3 is 0 Å². The quantitative estimate of drug-likeness (QED) is 0.667. The summed E-state index contributed by atoms with van der Waals surface area (Å²) >= 11 is 3.72. The molecule has 0 radical (unpaired) electrons. The van der Waals surface area contributed by atoms with E-state index in [4.69, 9.17) is 5.84 Å². The minimum absolute atomic E-state index is 0.229. The number of hydrogen-bond donors (Lipinski definition) is 2. The highest BCUT2D eigenvalue weighted by atomic mass is 32.2. The largest absolute Gasteiger partial charge is 0.271 e. The van der Waals surface area contributed by atoms with Gasteiger partial charge in [-0.1, -0.05) is 18.2 Å². The molecule has 2 nitrogen and oxygen atoms in total. The lowest BCUT2D eigenvalue weighted by Crippen LogP contribution is -2.34. The molecule has 0 spiro atoms. The number of hydrogen-bond acceptors (Lipinski definition) is 4. The Morgan fingerprint density at radius 3 is 2.89 bits per heavy atom. The van der Waals surface area contributed by atoms with Crippen LogP contribution >= 0.6 is 23.1 Å². The summed E-state index contributed by atoms with van der Waals surface area (Å²) in [5.41, 5.74) is 5.75. The molecule has 2 aromatic rings. The van der Waals surface area contributed by atoms with Gasteiger partial charge in [0, 0.05) is 15.0 Å². The summed E-state index contributed by atoms with van der Waals surface area (Å²) in [5.74, 6) is 5.77. The minimum atomic E-state index is 0.229. The van der Waals surface area contributed by atoms with Crippen molar-refractivity contribution in [2.45, 2.75) is 29.5 Å². The number of aryl methyl sites for hydroxylation is 1. The molecule has 94 valence electrons. The molecule has 0 saturated carbocycles. The van der Waals surface area contributed by atoms with E-state index < -0.39 is 0 Å². The van der Waals surface area contributed by atoms with Crippen LogP contribution in [0.2, 0.25) is 0 Å². The molecule has 1 aliphatic rings. The zero-order valence-electron chi connectivity index (χ0n) is 10.2. The Labute approximate surface area is 116 Å². The average molecular weight is 276 g/mol. The third-order valence-electron chi connectivity index (χ3n) is 3.33. The van der Waals surface area contributed by atoms with Gasteiger partial charge in [0.15, 0.2) is 0 Å². The van der Waals surface area contributed by atoms with Gasteiger partial charge in [0.2, 0.25) is 0 Å². The predicted molar refractivity (Wildman–Crippen MR) is 78.9 cm³/mol. The molecule has 4 heteroatoms. The van der Waals surface area contributed by atoms with Crippen LogP contribution in [0.1, 0.15) is 22.0 Å². The normalized spacial score (nSPS) is 19.8. The van der Waals surface area contributed by atoms with Crippen LogP contribution < -0.4 is 11.3 Å². The first-order chi connectivity index (χ1) is 8.78. The molecule has 0 amide bonds. The molecule has 0 aliphatic carbocycles. The van der Waals surface area contributed by atoms with E-state index in [1.807, 2.05) is 11.8 Å². The summed E-state index contributed by atoms with van der Waals surface area (Å²) < 4.78 is 0. The molecule has 3 rings (SSSR count). The zero-order valence-corrected chi connectivity index (χ0v) is 11.9. The Kier molecular flexibility index (Phi) is 3.43. The Balaban J connectivity index is 1.83. The molecule has 0 saturated heterocycles. The molecule has 1 aromatic heterocycles. The molecule has 1 aliphatic heterocycles. The fourth-order valence-electron chi connectivity index (χ4n) is 2.44. The predicted octanol–water partition coefficient (Wildman–Crippen LogP) is 3.28. The van der Waals surface area contributed by atoms with Crippen molar-refractivity contribution in [3.8, 4) is 0 Å². The van der Waals surface area contributed by atoms with Crippen molar-refractivity contribution in [2.75, 3.05) is 0 Å². The highest BCUT2D eigenvalue weighted by Crippen LogP contribution is 2.42. The van der Waals surface area contributed by atoms with Crippen molar-refractivity contribution in [1.82, 2.24) is 5.43 Å². The maximum atomic E-state index is 5.77. The van der Waals surface area contributed by atoms with E-state index in [0.29, 0.717) is 5.25 Å². The number of nitrogens with two attached hydrogens (primary N) is 1. The van der Waals surface area contributed by atoms with Gasteiger partial charge in [-0.25, -0.2) is 0 Å². The van der Waals surface area contributed by atoms with E-state index in [2.05, 4.69) is 48.1 Å². The Hall–Kier alpha value is -0.810. The molecule has 2 unspecified atom stereocenters. The Morgan fingerprint density at radius 1 is 1.39 bits per heavy atom. The molecule has 2 atom stereocenters. The van der Waals surface area contributed by atoms with Crippen LogP contribution in [0.4, 0.5) is 0 Å². The summed E-state index contributed by atoms with van der Waals surface area (Å²) in [7, 11) is 0. The van der Waals surface area contributed by atoms with Crippen molar-refractivity contribution in [1.29, 1.82) is 0 Å². The smallest absolute Gasteiger partial charge is 0.0593 e. The summed E-state index contributed by atoms with van der Waals surface area (Å²) in [6.45, 7) is 2.14. The van der Waals surface area contributed by atoms with Crippen LogP contribution in [0.5, 0.6) is 0 Å². The van der Waals surface area contributed by atoms with Crippen LogP contribution in [0.15, 0.2) is 40.6 Å². The third kappa shape index (κ3) is 2.21. The van der Waals surface area contributed by atoms with Gasteiger partial charge < -0.3 is 0 Å². The number of fused-ring (bicyclic) bond motifs is 1. The van der Waals surface area contributed by atoms with Crippen LogP contribution in [-0.4, -0.2) is 5.25 Å². The Bertz CT molecular complexity index is 525. The number of nitrogens with one attached hydrogen (secondary N) is 1. The maximum Gasteiger partial charge on any atom is 0.0593 e. The number of rotatable bonds is 3. The van der Waals surface area contributed by atoms with Gasteiger partial charge in [0.25, 0.3) is 0 Å². The Morgan fingerprint density at radius 2 is 2.22 bits per heavy atom. The first-order valence-electron chi connectivity index (χ1n) is 6.03. The second-order valence-corrected chi connectivity index (χ2v) is 7.00. The van der Waals surface area contributed by atoms with E-state index >= 15 is 0 Å². The average Bonchev–Trinajstić information content (AvgIpc) is 2.96. The van der Waals surface area contributed by atoms with E-state index in [1.165, 1.54) is 20.9 Å². The van der Waals surface area contributed by atoms with Crippen LogP contribution in [0.3, 0.4) is 0 Å². The topological polar surface area (TPSA) is 38.0 Å². The van der Waals surface area contributed by atoms with Crippen molar-refractivity contribution >= 4 is 23.1 Å². The molecule has 18 heavy (non-hydrogen) atoms. The summed E-state index contributed by atoms with van der Waals surface area (Å²) in [6.07, 6.45) is 1.09. The number of thioether (sulfide) groups is 1. The van der Waals surface area contributed by atoms with E-state index in [9.17, 15) is 0 Å². The second-order valence-electron chi connectivity index (χ2n) is 4.60.